The Kier molecular flexibility index (Phi) is 7.03. The molecule has 1 amide bonds. The van der Waals surface area contributed by atoms with Crippen LogP contribution in [0.4, 0.5) is 0 Å². The van der Waals surface area contributed by atoms with Gasteiger partial charge in [0.15, 0.2) is 5.60 Å². The summed E-state index contributed by atoms with van der Waals surface area (Å²) in [5.41, 5.74) is 0.662. The minimum atomic E-state index is -1.67. The number of nitrogens with zero attached hydrogens (tertiary/aromatic N) is 2. The molecule has 32 heavy (non-hydrogen) atoms. The Labute approximate surface area is 187 Å². The third-order valence-corrected chi connectivity index (χ3v) is 6.02. The summed E-state index contributed by atoms with van der Waals surface area (Å²) in [6.45, 7) is 7.44. The summed E-state index contributed by atoms with van der Waals surface area (Å²) in [5.74, 6) is -0.944. The van der Waals surface area contributed by atoms with Gasteiger partial charge in [-0.05, 0) is 48.9 Å². The molecule has 0 aliphatic carbocycles. The second-order valence-electron chi connectivity index (χ2n) is 8.51. The third-order valence-electron chi connectivity index (χ3n) is 6.02. The maximum absolute atomic E-state index is 13.5. The summed E-state index contributed by atoms with van der Waals surface area (Å²) in [6.07, 6.45) is 1.38. The second kappa shape index (κ2) is 9.56. The van der Waals surface area contributed by atoms with Gasteiger partial charge in [0.05, 0.1) is 13.7 Å². The van der Waals surface area contributed by atoms with Crippen LogP contribution < -0.4 is 0 Å². The van der Waals surface area contributed by atoms with Gasteiger partial charge in [-0.1, -0.05) is 51.5 Å². The number of hydrogen-bond donors (Lipinski definition) is 0. The van der Waals surface area contributed by atoms with Crippen molar-refractivity contribution in [1.29, 1.82) is 0 Å². The molecular weight excluding hydrogens is 412 g/mol. The number of carbonyl (C=O) groups is 1. The standard InChI is InChI=1S/C24H30N2O6/c1-6-9-20(16(2)3)24(4,32-26(28)29)23(27)25(30-5)15-17-12-13-22-19(14-17)18-10-7-8-11-21(18)31-22/h7-8,10-14,16,20H,6,9,15H2,1-5H3. The highest BCUT2D eigenvalue weighted by Crippen LogP contribution is 2.35. The van der Waals surface area contributed by atoms with Gasteiger partial charge in [0.25, 0.3) is 11.0 Å². The molecule has 0 spiro atoms. The van der Waals surface area contributed by atoms with Gasteiger partial charge in [0.1, 0.15) is 11.2 Å². The summed E-state index contributed by atoms with van der Waals surface area (Å²) >= 11 is 0. The lowest BCUT2D eigenvalue weighted by molar-refractivity contribution is -0.778. The summed E-state index contributed by atoms with van der Waals surface area (Å²) < 4.78 is 5.86. The minimum absolute atomic E-state index is 0.00352. The maximum atomic E-state index is 13.5. The van der Waals surface area contributed by atoms with E-state index in [1.165, 1.54) is 14.0 Å². The summed E-state index contributed by atoms with van der Waals surface area (Å²) in [5, 5.41) is 13.5. The van der Waals surface area contributed by atoms with Crippen LogP contribution in [0, 0.1) is 22.0 Å². The van der Waals surface area contributed by atoms with Crippen LogP contribution in [-0.4, -0.2) is 28.8 Å². The average molecular weight is 443 g/mol. The lowest BCUT2D eigenvalue weighted by Gasteiger charge is -2.39. The fourth-order valence-electron chi connectivity index (χ4n) is 4.48. The van der Waals surface area contributed by atoms with Crippen LogP contribution >= 0.6 is 0 Å². The number of furan rings is 1. The van der Waals surface area contributed by atoms with Gasteiger partial charge in [-0.3, -0.25) is 14.5 Å². The minimum Gasteiger partial charge on any atom is -0.456 e. The number of para-hydroxylation sites is 1. The van der Waals surface area contributed by atoms with Crippen molar-refractivity contribution < 1.29 is 24.0 Å². The van der Waals surface area contributed by atoms with E-state index < -0.39 is 16.6 Å². The van der Waals surface area contributed by atoms with Crippen molar-refractivity contribution in [2.24, 2.45) is 11.8 Å². The van der Waals surface area contributed by atoms with Gasteiger partial charge in [-0.25, -0.2) is 5.06 Å². The molecule has 172 valence electrons. The van der Waals surface area contributed by atoms with Crippen molar-refractivity contribution in [1.82, 2.24) is 5.06 Å². The zero-order valence-corrected chi connectivity index (χ0v) is 19.2. The Morgan fingerprint density at radius 2 is 1.88 bits per heavy atom. The Hall–Kier alpha value is -3.13. The second-order valence-corrected chi connectivity index (χ2v) is 8.51. The Bertz CT molecular complexity index is 1110. The molecule has 3 rings (SSSR count). The highest BCUT2D eigenvalue weighted by Gasteiger charge is 2.48. The first kappa shape index (κ1) is 23.5. The Morgan fingerprint density at radius 1 is 1.19 bits per heavy atom. The molecule has 1 aromatic heterocycles. The van der Waals surface area contributed by atoms with Gasteiger partial charge in [0, 0.05) is 10.8 Å². The number of benzene rings is 2. The van der Waals surface area contributed by atoms with Crippen LogP contribution in [0.1, 0.15) is 46.1 Å². The molecule has 2 atom stereocenters. The Morgan fingerprint density at radius 3 is 2.50 bits per heavy atom. The number of rotatable bonds is 10. The number of amides is 1. The molecule has 3 aromatic rings. The van der Waals surface area contributed by atoms with E-state index in [0.717, 1.165) is 39.0 Å². The number of carbonyl (C=O) groups excluding carboxylic acids is 1. The summed E-state index contributed by atoms with van der Waals surface area (Å²) in [4.78, 5) is 35.3. The van der Waals surface area contributed by atoms with Crippen LogP contribution in [0.25, 0.3) is 21.9 Å². The summed E-state index contributed by atoms with van der Waals surface area (Å²) in [7, 11) is 1.38. The van der Waals surface area contributed by atoms with Crippen molar-refractivity contribution >= 4 is 27.8 Å². The van der Waals surface area contributed by atoms with Gasteiger partial charge >= 0.3 is 0 Å². The van der Waals surface area contributed by atoms with Crippen LogP contribution in [0.2, 0.25) is 0 Å². The van der Waals surface area contributed by atoms with Gasteiger partial charge < -0.3 is 4.42 Å². The first-order chi connectivity index (χ1) is 15.2. The molecule has 0 saturated carbocycles. The summed E-state index contributed by atoms with van der Waals surface area (Å²) in [6, 6.07) is 13.4. The van der Waals surface area contributed by atoms with Crippen LogP contribution in [0.5, 0.6) is 0 Å². The van der Waals surface area contributed by atoms with Crippen LogP contribution in [0.3, 0.4) is 0 Å². The Balaban J connectivity index is 1.95. The molecule has 0 saturated heterocycles. The lowest BCUT2D eigenvalue weighted by Crippen LogP contribution is -2.55. The topological polar surface area (TPSA) is 95.0 Å². The molecule has 8 heteroatoms. The number of hydroxylamine groups is 2. The quantitative estimate of drug-likeness (QED) is 0.303. The van der Waals surface area contributed by atoms with E-state index in [2.05, 4.69) is 0 Å². The predicted molar refractivity (Wildman–Crippen MR) is 121 cm³/mol. The fraction of sp³-hybridized carbons (Fsp3) is 0.458. The normalized spacial score (nSPS) is 14.4. The lowest BCUT2D eigenvalue weighted by atomic mass is 9.77. The SMILES string of the molecule is CCCC(C(C)C)C(C)(O[N+](=O)[O-])C(=O)N(Cc1ccc2oc3ccccc3c2c1)OC. The monoisotopic (exact) mass is 442 g/mol. The van der Waals surface area contributed by atoms with E-state index in [9.17, 15) is 14.9 Å². The fourth-order valence-corrected chi connectivity index (χ4v) is 4.48. The average Bonchev–Trinajstić information content (AvgIpc) is 3.12. The zero-order chi connectivity index (χ0) is 23.5. The molecular formula is C24H30N2O6. The van der Waals surface area contributed by atoms with E-state index in [4.69, 9.17) is 14.1 Å². The highest BCUT2D eigenvalue weighted by atomic mass is 17.0. The molecule has 2 aromatic carbocycles. The van der Waals surface area contributed by atoms with E-state index in [0.29, 0.717) is 6.42 Å². The van der Waals surface area contributed by atoms with Crippen LogP contribution in [0.15, 0.2) is 46.9 Å². The molecule has 0 radical (unpaired) electrons. The van der Waals surface area contributed by atoms with Gasteiger partial charge in [0.2, 0.25) is 0 Å². The van der Waals surface area contributed by atoms with Crippen molar-refractivity contribution in [2.75, 3.05) is 7.11 Å². The smallest absolute Gasteiger partial charge is 0.295 e. The van der Waals surface area contributed by atoms with Crippen molar-refractivity contribution in [2.45, 2.75) is 52.7 Å². The molecule has 0 aliphatic rings. The van der Waals surface area contributed by atoms with E-state index in [1.54, 1.807) is 0 Å². The first-order valence-corrected chi connectivity index (χ1v) is 10.8. The molecule has 0 fully saturated rings. The molecule has 0 N–H and O–H groups in total. The zero-order valence-electron chi connectivity index (χ0n) is 19.2. The molecule has 0 bridgehead atoms. The van der Waals surface area contributed by atoms with Gasteiger partial charge in [-0.2, -0.15) is 0 Å². The van der Waals surface area contributed by atoms with Crippen molar-refractivity contribution in [3.8, 4) is 0 Å². The highest BCUT2D eigenvalue weighted by molar-refractivity contribution is 6.05. The van der Waals surface area contributed by atoms with Gasteiger partial charge in [-0.15, -0.1) is 10.1 Å². The van der Waals surface area contributed by atoms with E-state index in [-0.39, 0.29) is 18.4 Å². The largest absolute Gasteiger partial charge is 0.456 e. The first-order valence-electron chi connectivity index (χ1n) is 10.8. The third kappa shape index (κ3) is 4.55. The van der Waals surface area contributed by atoms with Crippen molar-refractivity contribution in [3.05, 3.63) is 58.1 Å². The molecule has 8 nitrogen and oxygen atoms in total. The molecule has 0 aliphatic heterocycles. The molecule has 2 unspecified atom stereocenters. The number of fused-ring (bicyclic) bond motifs is 3. The van der Waals surface area contributed by atoms with Crippen molar-refractivity contribution in [3.63, 3.8) is 0 Å². The van der Waals surface area contributed by atoms with Crippen LogP contribution in [-0.2, 0) is 21.0 Å². The van der Waals surface area contributed by atoms with E-state index >= 15 is 0 Å². The molecule has 1 heterocycles. The predicted octanol–water partition coefficient (Wildman–Crippen LogP) is 5.52. The van der Waals surface area contributed by atoms with E-state index in [1.807, 2.05) is 63.2 Å². The maximum Gasteiger partial charge on any atom is 0.295 e. The number of hydrogen-bond acceptors (Lipinski definition) is 6.